The highest BCUT2D eigenvalue weighted by Crippen LogP contribution is 2.17. The third-order valence-corrected chi connectivity index (χ3v) is 3.87. The molecule has 20 heavy (non-hydrogen) atoms. The van der Waals surface area contributed by atoms with E-state index in [1.54, 1.807) is 6.07 Å². The number of hydrogen-bond acceptors (Lipinski definition) is 3. The summed E-state index contributed by atoms with van der Waals surface area (Å²) in [6, 6.07) is 1.60. The minimum absolute atomic E-state index is 0.0845. The maximum absolute atomic E-state index is 11.9. The largest absolute Gasteiger partial charge is 0.351 e. The Hall–Kier alpha value is -1.14. The number of likely N-dealkylation sites (tertiary alicyclic amines) is 1. The van der Waals surface area contributed by atoms with E-state index in [9.17, 15) is 9.59 Å². The lowest BCUT2D eigenvalue weighted by Gasteiger charge is -2.15. The molecular weight excluding hydrogens is 346 g/mol. The summed E-state index contributed by atoms with van der Waals surface area (Å²) in [4.78, 5) is 29.5. The standard InChI is InChI=1S/C13H15BrClN3O2/c14-9-7-10(12(15)17-8-9)13(20)16-4-3-11(19)18-5-1-2-6-18/h7-8H,1-6H2,(H,16,20). The van der Waals surface area contributed by atoms with Crippen molar-refractivity contribution in [3.05, 3.63) is 27.5 Å². The maximum atomic E-state index is 11.9. The van der Waals surface area contributed by atoms with E-state index in [4.69, 9.17) is 11.6 Å². The highest BCUT2D eigenvalue weighted by molar-refractivity contribution is 9.10. The van der Waals surface area contributed by atoms with E-state index in [-0.39, 0.29) is 17.0 Å². The minimum Gasteiger partial charge on any atom is -0.351 e. The van der Waals surface area contributed by atoms with Crippen LogP contribution in [-0.2, 0) is 4.79 Å². The lowest BCUT2D eigenvalue weighted by Crippen LogP contribution is -2.32. The molecule has 1 aromatic heterocycles. The number of carbonyl (C=O) groups is 2. The Bertz CT molecular complexity index is 518. The number of carbonyl (C=O) groups excluding carboxylic acids is 2. The van der Waals surface area contributed by atoms with E-state index >= 15 is 0 Å². The SMILES string of the molecule is O=C(NCCC(=O)N1CCCC1)c1cc(Br)cnc1Cl. The lowest BCUT2D eigenvalue weighted by molar-refractivity contribution is -0.129. The van der Waals surface area contributed by atoms with Crippen LogP contribution in [0.15, 0.2) is 16.7 Å². The Balaban J connectivity index is 1.83. The fraction of sp³-hybridized carbons (Fsp3) is 0.462. The number of hydrogen-bond donors (Lipinski definition) is 1. The Morgan fingerprint density at radius 3 is 2.80 bits per heavy atom. The van der Waals surface area contributed by atoms with Crippen LogP contribution in [0, 0.1) is 0 Å². The number of nitrogens with zero attached hydrogens (tertiary/aromatic N) is 2. The molecule has 2 amide bonds. The molecule has 0 unspecified atom stereocenters. The van der Waals surface area contributed by atoms with Crippen LogP contribution in [0.4, 0.5) is 0 Å². The van der Waals surface area contributed by atoms with E-state index in [0.717, 1.165) is 25.9 Å². The Morgan fingerprint density at radius 2 is 2.10 bits per heavy atom. The van der Waals surface area contributed by atoms with Gasteiger partial charge in [0.25, 0.3) is 5.91 Å². The molecule has 0 aromatic carbocycles. The molecule has 1 fully saturated rings. The summed E-state index contributed by atoms with van der Waals surface area (Å²) in [5.41, 5.74) is 0.301. The van der Waals surface area contributed by atoms with E-state index in [1.165, 1.54) is 6.20 Å². The second kappa shape index (κ2) is 7.04. The van der Waals surface area contributed by atoms with E-state index in [1.807, 2.05) is 4.90 Å². The van der Waals surface area contributed by atoms with Gasteiger partial charge in [0.05, 0.1) is 5.56 Å². The Kier molecular flexibility index (Phi) is 5.37. The summed E-state index contributed by atoms with van der Waals surface area (Å²) in [6.07, 6.45) is 3.97. The summed E-state index contributed by atoms with van der Waals surface area (Å²) in [7, 11) is 0. The summed E-state index contributed by atoms with van der Waals surface area (Å²) in [5.74, 6) is -0.237. The van der Waals surface area contributed by atoms with Gasteiger partial charge < -0.3 is 10.2 Å². The second-order valence-electron chi connectivity index (χ2n) is 4.59. The number of rotatable bonds is 4. The molecule has 0 saturated carbocycles. The van der Waals surface area contributed by atoms with Gasteiger partial charge in [-0.3, -0.25) is 9.59 Å². The van der Waals surface area contributed by atoms with Crippen molar-refractivity contribution in [3.8, 4) is 0 Å². The highest BCUT2D eigenvalue weighted by atomic mass is 79.9. The topological polar surface area (TPSA) is 62.3 Å². The van der Waals surface area contributed by atoms with Crippen molar-refractivity contribution in [2.24, 2.45) is 0 Å². The zero-order valence-corrected chi connectivity index (χ0v) is 13.2. The first-order chi connectivity index (χ1) is 9.58. The van der Waals surface area contributed by atoms with E-state index in [2.05, 4.69) is 26.2 Å². The monoisotopic (exact) mass is 359 g/mol. The van der Waals surface area contributed by atoms with Gasteiger partial charge >= 0.3 is 0 Å². The third kappa shape index (κ3) is 3.93. The molecule has 0 radical (unpaired) electrons. The highest BCUT2D eigenvalue weighted by Gasteiger charge is 2.18. The molecule has 0 spiro atoms. The van der Waals surface area contributed by atoms with Crippen molar-refractivity contribution in [1.29, 1.82) is 0 Å². The Morgan fingerprint density at radius 1 is 1.40 bits per heavy atom. The molecule has 2 rings (SSSR count). The van der Waals surface area contributed by atoms with Crippen molar-refractivity contribution in [3.63, 3.8) is 0 Å². The number of aromatic nitrogens is 1. The van der Waals surface area contributed by atoms with Gasteiger partial charge in [-0.05, 0) is 34.8 Å². The zero-order valence-electron chi connectivity index (χ0n) is 10.9. The van der Waals surface area contributed by atoms with Crippen LogP contribution in [0.25, 0.3) is 0 Å². The third-order valence-electron chi connectivity index (χ3n) is 3.13. The van der Waals surface area contributed by atoms with Gasteiger partial charge in [-0.15, -0.1) is 0 Å². The molecule has 0 aliphatic carbocycles. The summed E-state index contributed by atoms with van der Waals surface area (Å²) < 4.78 is 0.681. The average molecular weight is 361 g/mol. The molecule has 108 valence electrons. The quantitative estimate of drug-likeness (QED) is 0.838. The van der Waals surface area contributed by atoms with Crippen LogP contribution < -0.4 is 5.32 Å². The molecule has 0 atom stereocenters. The fourth-order valence-corrected chi connectivity index (χ4v) is 2.61. The molecule has 5 nitrogen and oxygen atoms in total. The van der Waals surface area contributed by atoms with Crippen LogP contribution in [0.3, 0.4) is 0 Å². The predicted octanol–water partition coefficient (Wildman–Crippen LogP) is 2.24. The molecule has 1 aliphatic heterocycles. The molecule has 1 N–H and O–H groups in total. The summed E-state index contributed by atoms with van der Waals surface area (Å²) in [5, 5.41) is 2.84. The van der Waals surface area contributed by atoms with Crippen molar-refractivity contribution in [2.45, 2.75) is 19.3 Å². The van der Waals surface area contributed by atoms with Crippen LogP contribution in [-0.4, -0.2) is 41.3 Å². The van der Waals surface area contributed by atoms with E-state index in [0.29, 0.717) is 23.0 Å². The van der Waals surface area contributed by atoms with Crippen molar-refractivity contribution in [2.75, 3.05) is 19.6 Å². The molecule has 7 heteroatoms. The van der Waals surface area contributed by atoms with Gasteiger partial charge in [-0.25, -0.2) is 4.98 Å². The van der Waals surface area contributed by atoms with Gasteiger partial charge in [0, 0.05) is 36.7 Å². The summed E-state index contributed by atoms with van der Waals surface area (Å²) >= 11 is 9.11. The smallest absolute Gasteiger partial charge is 0.254 e. The van der Waals surface area contributed by atoms with Crippen LogP contribution in [0.1, 0.15) is 29.6 Å². The average Bonchev–Trinajstić information content (AvgIpc) is 2.95. The molecule has 0 bridgehead atoms. The predicted molar refractivity (Wildman–Crippen MR) is 79.7 cm³/mol. The van der Waals surface area contributed by atoms with Gasteiger partial charge in [0.15, 0.2) is 0 Å². The molecular formula is C13H15BrClN3O2. The van der Waals surface area contributed by atoms with Crippen molar-refractivity contribution < 1.29 is 9.59 Å². The zero-order chi connectivity index (χ0) is 14.5. The second-order valence-corrected chi connectivity index (χ2v) is 5.86. The first-order valence-electron chi connectivity index (χ1n) is 6.45. The van der Waals surface area contributed by atoms with Gasteiger partial charge in [-0.2, -0.15) is 0 Å². The van der Waals surface area contributed by atoms with Crippen molar-refractivity contribution in [1.82, 2.24) is 15.2 Å². The minimum atomic E-state index is -0.321. The lowest BCUT2D eigenvalue weighted by atomic mass is 10.2. The maximum Gasteiger partial charge on any atom is 0.254 e. The van der Waals surface area contributed by atoms with Crippen LogP contribution >= 0.6 is 27.5 Å². The number of amides is 2. The summed E-state index contributed by atoms with van der Waals surface area (Å²) in [6.45, 7) is 1.96. The number of halogens is 2. The van der Waals surface area contributed by atoms with Crippen LogP contribution in [0.5, 0.6) is 0 Å². The van der Waals surface area contributed by atoms with Crippen LogP contribution in [0.2, 0.25) is 5.15 Å². The molecule has 1 aliphatic rings. The molecule has 2 heterocycles. The van der Waals surface area contributed by atoms with Gasteiger partial charge in [0.1, 0.15) is 5.15 Å². The molecule has 1 aromatic rings. The van der Waals surface area contributed by atoms with Gasteiger partial charge in [0.2, 0.25) is 5.91 Å². The Labute approximate surface area is 130 Å². The number of nitrogens with one attached hydrogen (secondary N) is 1. The van der Waals surface area contributed by atoms with E-state index < -0.39 is 0 Å². The van der Waals surface area contributed by atoms with Crippen molar-refractivity contribution >= 4 is 39.3 Å². The normalized spacial score (nSPS) is 14.4. The first kappa shape index (κ1) is 15.3. The first-order valence-corrected chi connectivity index (χ1v) is 7.62. The number of pyridine rings is 1. The fourth-order valence-electron chi connectivity index (χ4n) is 2.08. The molecule has 1 saturated heterocycles. The van der Waals surface area contributed by atoms with Gasteiger partial charge in [-0.1, -0.05) is 11.6 Å².